The summed E-state index contributed by atoms with van der Waals surface area (Å²) in [6.45, 7) is 0. The van der Waals surface area contributed by atoms with Crippen LogP contribution in [0.2, 0.25) is 0 Å². The minimum absolute atomic E-state index is 0.00221. The second kappa shape index (κ2) is 9.97. The van der Waals surface area contributed by atoms with Gasteiger partial charge >= 0.3 is 5.97 Å². The molecule has 0 spiro atoms. The first-order chi connectivity index (χ1) is 14.4. The number of carboxylic acid groups (broad SMARTS) is 1. The molecule has 0 aliphatic carbocycles. The number of carbonyl (C=O) groups excluding carboxylic acids is 1. The van der Waals surface area contributed by atoms with Crippen LogP contribution in [0.5, 0.6) is 0 Å². The molecule has 0 heterocycles. The maximum Gasteiger partial charge on any atom is 0.337 e. The SMILES string of the molecule is O=C(O)c1cc(Br)cc(Br)c1NC(=S)NC(=O)C(c1ccccc1)c1ccccc1. The summed E-state index contributed by atoms with van der Waals surface area (Å²) < 4.78 is 1.09. The van der Waals surface area contributed by atoms with Crippen LogP contribution < -0.4 is 10.6 Å². The number of hydrogen-bond acceptors (Lipinski definition) is 3. The lowest BCUT2D eigenvalue weighted by Gasteiger charge is -2.19. The Morgan fingerprint density at radius 3 is 1.93 bits per heavy atom. The van der Waals surface area contributed by atoms with Crippen molar-refractivity contribution in [1.29, 1.82) is 0 Å². The third kappa shape index (κ3) is 5.33. The second-order valence-electron chi connectivity index (χ2n) is 6.31. The number of benzene rings is 3. The molecule has 0 fully saturated rings. The quantitative estimate of drug-likeness (QED) is 0.365. The van der Waals surface area contributed by atoms with Gasteiger partial charge in [-0.05, 0) is 51.4 Å². The molecule has 0 aliphatic rings. The third-order valence-corrected chi connectivity index (χ3v) is 5.58. The number of aromatic carboxylic acids is 1. The molecule has 0 bridgehead atoms. The Balaban J connectivity index is 1.85. The zero-order valence-electron chi connectivity index (χ0n) is 15.4. The molecular weight excluding hydrogens is 532 g/mol. The summed E-state index contributed by atoms with van der Waals surface area (Å²) in [5, 5.41) is 15.0. The fourth-order valence-electron chi connectivity index (χ4n) is 2.98. The summed E-state index contributed by atoms with van der Waals surface area (Å²) in [6.07, 6.45) is 0. The van der Waals surface area contributed by atoms with Crippen LogP contribution >= 0.6 is 44.1 Å². The van der Waals surface area contributed by atoms with Gasteiger partial charge in [-0.15, -0.1) is 0 Å². The first-order valence-corrected chi connectivity index (χ1v) is 10.8. The number of thiocarbonyl (C=S) groups is 1. The number of carbonyl (C=O) groups is 2. The van der Waals surface area contributed by atoms with Crippen LogP contribution in [-0.4, -0.2) is 22.1 Å². The van der Waals surface area contributed by atoms with Crippen LogP contribution in [0, 0.1) is 0 Å². The minimum Gasteiger partial charge on any atom is -0.478 e. The van der Waals surface area contributed by atoms with E-state index < -0.39 is 11.9 Å². The second-order valence-corrected chi connectivity index (χ2v) is 8.49. The van der Waals surface area contributed by atoms with Gasteiger partial charge in [0.15, 0.2) is 5.11 Å². The highest BCUT2D eigenvalue weighted by Crippen LogP contribution is 2.31. The van der Waals surface area contributed by atoms with Gasteiger partial charge in [-0.1, -0.05) is 76.6 Å². The van der Waals surface area contributed by atoms with Crippen LogP contribution in [0.3, 0.4) is 0 Å². The van der Waals surface area contributed by atoms with Gasteiger partial charge in [0.05, 0.1) is 17.2 Å². The highest BCUT2D eigenvalue weighted by molar-refractivity contribution is 9.11. The van der Waals surface area contributed by atoms with Crippen LogP contribution in [0.4, 0.5) is 5.69 Å². The molecule has 0 radical (unpaired) electrons. The number of hydrogen-bond donors (Lipinski definition) is 3. The molecule has 8 heteroatoms. The van der Waals surface area contributed by atoms with Crippen molar-refractivity contribution in [1.82, 2.24) is 5.32 Å². The number of anilines is 1. The van der Waals surface area contributed by atoms with E-state index in [1.807, 2.05) is 60.7 Å². The number of nitrogens with one attached hydrogen (secondary N) is 2. The molecule has 0 unspecified atom stereocenters. The molecule has 0 saturated heterocycles. The van der Waals surface area contributed by atoms with Crippen LogP contribution in [0.1, 0.15) is 27.4 Å². The molecule has 30 heavy (non-hydrogen) atoms. The zero-order chi connectivity index (χ0) is 21.7. The lowest BCUT2D eigenvalue weighted by Crippen LogP contribution is -2.38. The van der Waals surface area contributed by atoms with E-state index in [2.05, 4.69) is 42.5 Å². The van der Waals surface area contributed by atoms with E-state index in [0.717, 1.165) is 11.1 Å². The summed E-state index contributed by atoms with van der Waals surface area (Å²) in [5.41, 5.74) is 1.91. The lowest BCUT2D eigenvalue weighted by molar-refractivity contribution is -0.120. The normalized spacial score (nSPS) is 10.5. The average molecular weight is 548 g/mol. The molecule has 152 valence electrons. The fourth-order valence-corrected chi connectivity index (χ4v) is 4.51. The smallest absolute Gasteiger partial charge is 0.337 e. The molecule has 0 aromatic heterocycles. The van der Waals surface area contributed by atoms with Gasteiger partial charge in [-0.3, -0.25) is 4.79 Å². The van der Waals surface area contributed by atoms with Gasteiger partial charge in [0.2, 0.25) is 5.91 Å². The monoisotopic (exact) mass is 546 g/mol. The summed E-state index contributed by atoms with van der Waals surface area (Å²) >= 11 is 11.9. The number of carboxylic acids is 1. The number of rotatable bonds is 5. The number of halogens is 2. The first kappa shape index (κ1) is 22.1. The van der Waals surface area contributed by atoms with Gasteiger partial charge in [-0.25, -0.2) is 4.79 Å². The van der Waals surface area contributed by atoms with E-state index in [1.165, 1.54) is 6.07 Å². The molecule has 3 N–H and O–H groups in total. The van der Waals surface area contributed by atoms with Gasteiger partial charge in [0.1, 0.15) is 0 Å². The van der Waals surface area contributed by atoms with Crippen molar-refractivity contribution in [2.75, 3.05) is 5.32 Å². The Bertz CT molecular complexity index is 1050. The Kier molecular flexibility index (Phi) is 7.36. The van der Waals surface area contributed by atoms with E-state index in [0.29, 0.717) is 8.95 Å². The first-order valence-electron chi connectivity index (χ1n) is 8.81. The Morgan fingerprint density at radius 2 is 1.43 bits per heavy atom. The predicted octanol–water partition coefficient (Wildman–Crippen LogP) is 5.55. The molecule has 5 nitrogen and oxygen atoms in total. The van der Waals surface area contributed by atoms with Crippen LogP contribution in [0.15, 0.2) is 81.7 Å². The summed E-state index contributed by atoms with van der Waals surface area (Å²) in [4.78, 5) is 24.7. The molecule has 0 atom stereocenters. The van der Waals surface area contributed by atoms with Crippen LogP contribution in [-0.2, 0) is 4.79 Å². The fraction of sp³-hybridized carbons (Fsp3) is 0.0455. The van der Waals surface area contributed by atoms with E-state index in [4.69, 9.17) is 12.2 Å². The van der Waals surface area contributed by atoms with Crippen molar-refractivity contribution in [3.05, 3.63) is 98.4 Å². The topological polar surface area (TPSA) is 78.4 Å². The highest BCUT2D eigenvalue weighted by Gasteiger charge is 2.24. The molecule has 3 aromatic rings. The van der Waals surface area contributed by atoms with Crippen LogP contribution in [0.25, 0.3) is 0 Å². The van der Waals surface area contributed by atoms with Crippen molar-refractivity contribution in [2.24, 2.45) is 0 Å². The Labute approximate surface area is 195 Å². The molecule has 0 saturated carbocycles. The van der Waals surface area contributed by atoms with Gasteiger partial charge in [0.25, 0.3) is 0 Å². The Morgan fingerprint density at radius 1 is 0.900 bits per heavy atom. The van der Waals surface area contributed by atoms with Gasteiger partial charge in [0, 0.05) is 8.95 Å². The van der Waals surface area contributed by atoms with Gasteiger partial charge < -0.3 is 15.7 Å². The molecular formula is C22H16Br2N2O3S. The Hall–Kier alpha value is -2.55. The highest BCUT2D eigenvalue weighted by atomic mass is 79.9. The van der Waals surface area contributed by atoms with Crippen molar-refractivity contribution < 1.29 is 14.7 Å². The van der Waals surface area contributed by atoms with E-state index >= 15 is 0 Å². The standard InChI is InChI=1S/C22H16Br2N2O3S/c23-15-11-16(21(28)29)19(17(24)12-15)25-22(30)26-20(27)18(13-7-3-1-4-8-13)14-9-5-2-6-10-14/h1-12,18H,(H,28,29)(H2,25,26,27,30). The van der Waals surface area contributed by atoms with E-state index in [1.54, 1.807) is 6.07 Å². The van der Waals surface area contributed by atoms with E-state index in [-0.39, 0.29) is 22.3 Å². The molecule has 0 aliphatic heterocycles. The van der Waals surface area contributed by atoms with Crippen molar-refractivity contribution in [3.8, 4) is 0 Å². The summed E-state index contributed by atoms with van der Waals surface area (Å²) in [5.74, 6) is -2.02. The zero-order valence-corrected chi connectivity index (χ0v) is 19.4. The maximum atomic E-state index is 13.1. The van der Waals surface area contributed by atoms with Crippen molar-refractivity contribution >= 4 is 66.8 Å². The predicted molar refractivity (Wildman–Crippen MR) is 128 cm³/mol. The number of amides is 1. The van der Waals surface area contributed by atoms with Gasteiger partial charge in [-0.2, -0.15) is 0 Å². The van der Waals surface area contributed by atoms with E-state index in [9.17, 15) is 14.7 Å². The van der Waals surface area contributed by atoms with Crippen molar-refractivity contribution in [3.63, 3.8) is 0 Å². The third-order valence-electron chi connectivity index (χ3n) is 4.29. The summed E-state index contributed by atoms with van der Waals surface area (Å²) in [7, 11) is 0. The molecule has 3 rings (SSSR count). The van der Waals surface area contributed by atoms with Crippen molar-refractivity contribution in [2.45, 2.75) is 5.92 Å². The minimum atomic E-state index is -1.12. The largest absolute Gasteiger partial charge is 0.478 e. The molecule has 3 aromatic carbocycles. The maximum absolute atomic E-state index is 13.1. The molecule has 1 amide bonds. The summed E-state index contributed by atoms with van der Waals surface area (Å²) in [6, 6.07) is 21.9. The lowest BCUT2D eigenvalue weighted by atomic mass is 9.90. The average Bonchev–Trinajstić information content (AvgIpc) is 2.71.